The SMILES string of the molecule is CCOC(=O)[C@@H]1CCCN(Cc2ccncc2Cl)C1. The molecule has 1 aromatic heterocycles. The first-order valence-corrected chi connectivity index (χ1v) is 7.06. The first-order valence-electron chi connectivity index (χ1n) is 6.68. The Morgan fingerprint density at radius 3 is 3.21 bits per heavy atom. The molecule has 0 N–H and O–H groups in total. The molecule has 104 valence electrons. The first-order chi connectivity index (χ1) is 9.20. The van der Waals surface area contributed by atoms with Gasteiger partial charge in [0.2, 0.25) is 0 Å². The molecule has 0 aromatic carbocycles. The summed E-state index contributed by atoms with van der Waals surface area (Å²) in [6, 6.07) is 1.93. The van der Waals surface area contributed by atoms with Crippen LogP contribution in [-0.4, -0.2) is 35.5 Å². The number of esters is 1. The highest BCUT2D eigenvalue weighted by molar-refractivity contribution is 6.31. The fraction of sp³-hybridized carbons (Fsp3) is 0.571. The van der Waals surface area contributed by atoms with Gasteiger partial charge in [-0.15, -0.1) is 0 Å². The van der Waals surface area contributed by atoms with Crippen LogP contribution in [0.15, 0.2) is 18.5 Å². The normalized spacial score (nSPS) is 20.2. The lowest BCUT2D eigenvalue weighted by atomic mass is 9.98. The predicted octanol–water partition coefficient (Wildman–Crippen LogP) is 2.51. The molecule has 1 saturated heterocycles. The zero-order chi connectivity index (χ0) is 13.7. The van der Waals surface area contributed by atoms with E-state index < -0.39 is 0 Å². The Balaban J connectivity index is 1.94. The van der Waals surface area contributed by atoms with E-state index in [2.05, 4.69) is 9.88 Å². The molecule has 1 aliphatic heterocycles. The van der Waals surface area contributed by atoms with Crippen LogP contribution in [0.3, 0.4) is 0 Å². The zero-order valence-electron chi connectivity index (χ0n) is 11.1. The van der Waals surface area contributed by atoms with E-state index in [-0.39, 0.29) is 11.9 Å². The van der Waals surface area contributed by atoms with Crippen molar-refractivity contribution in [3.63, 3.8) is 0 Å². The number of likely N-dealkylation sites (tertiary alicyclic amines) is 1. The molecule has 5 heteroatoms. The summed E-state index contributed by atoms with van der Waals surface area (Å²) >= 11 is 6.11. The zero-order valence-corrected chi connectivity index (χ0v) is 11.9. The summed E-state index contributed by atoms with van der Waals surface area (Å²) < 4.78 is 5.10. The van der Waals surface area contributed by atoms with Crippen molar-refractivity contribution in [3.8, 4) is 0 Å². The average molecular weight is 283 g/mol. The highest BCUT2D eigenvalue weighted by atomic mass is 35.5. The fourth-order valence-electron chi connectivity index (χ4n) is 2.42. The summed E-state index contributed by atoms with van der Waals surface area (Å²) in [5.74, 6) is -0.0812. The number of ether oxygens (including phenoxy) is 1. The quantitative estimate of drug-likeness (QED) is 0.796. The number of nitrogens with zero attached hydrogens (tertiary/aromatic N) is 2. The summed E-state index contributed by atoms with van der Waals surface area (Å²) in [6.45, 7) is 4.80. The maximum atomic E-state index is 11.8. The molecule has 1 atom stereocenters. The van der Waals surface area contributed by atoms with Crippen molar-refractivity contribution in [1.29, 1.82) is 0 Å². The lowest BCUT2D eigenvalue weighted by Gasteiger charge is -2.31. The molecule has 4 nitrogen and oxygen atoms in total. The van der Waals surface area contributed by atoms with Crippen LogP contribution in [0.2, 0.25) is 5.02 Å². The van der Waals surface area contributed by atoms with Gasteiger partial charge in [-0.05, 0) is 37.9 Å². The summed E-state index contributed by atoms with van der Waals surface area (Å²) in [5.41, 5.74) is 1.06. The number of rotatable bonds is 4. The van der Waals surface area contributed by atoms with Gasteiger partial charge in [0.05, 0.1) is 17.5 Å². The standard InChI is InChI=1S/C14H19ClN2O2/c1-2-19-14(18)12-4-3-7-17(10-12)9-11-5-6-16-8-13(11)15/h5-6,8,12H,2-4,7,9-10H2,1H3/t12-/m1/s1. The number of hydrogen-bond acceptors (Lipinski definition) is 4. The minimum atomic E-state index is -0.0759. The third-order valence-electron chi connectivity index (χ3n) is 3.38. The second-order valence-corrected chi connectivity index (χ2v) is 5.20. The predicted molar refractivity (Wildman–Crippen MR) is 73.9 cm³/mol. The summed E-state index contributed by atoms with van der Waals surface area (Å²) in [4.78, 5) is 18.0. The molecule has 19 heavy (non-hydrogen) atoms. The van der Waals surface area contributed by atoms with E-state index in [4.69, 9.17) is 16.3 Å². The summed E-state index contributed by atoms with van der Waals surface area (Å²) in [5, 5.41) is 0.681. The molecule has 0 aliphatic carbocycles. The van der Waals surface area contributed by atoms with Crippen molar-refractivity contribution in [2.45, 2.75) is 26.3 Å². The van der Waals surface area contributed by atoms with Gasteiger partial charge in [-0.2, -0.15) is 0 Å². The van der Waals surface area contributed by atoms with Gasteiger partial charge in [0.25, 0.3) is 0 Å². The maximum Gasteiger partial charge on any atom is 0.310 e. The molecule has 2 heterocycles. The maximum absolute atomic E-state index is 11.8. The summed E-state index contributed by atoms with van der Waals surface area (Å²) in [6.07, 6.45) is 5.34. The van der Waals surface area contributed by atoms with E-state index in [1.54, 1.807) is 12.4 Å². The number of pyridine rings is 1. The Bertz CT molecular complexity index is 439. The molecule has 0 unspecified atom stereocenters. The van der Waals surface area contributed by atoms with Gasteiger partial charge in [0.1, 0.15) is 0 Å². The summed E-state index contributed by atoms with van der Waals surface area (Å²) in [7, 11) is 0. The van der Waals surface area contributed by atoms with Crippen LogP contribution in [0, 0.1) is 5.92 Å². The molecule has 0 amide bonds. The van der Waals surface area contributed by atoms with Crippen LogP contribution in [0.25, 0.3) is 0 Å². The monoisotopic (exact) mass is 282 g/mol. The minimum Gasteiger partial charge on any atom is -0.466 e. The Morgan fingerprint density at radius 1 is 1.63 bits per heavy atom. The molecule has 0 radical (unpaired) electrons. The lowest BCUT2D eigenvalue weighted by Crippen LogP contribution is -2.39. The van der Waals surface area contributed by atoms with Crippen LogP contribution in [-0.2, 0) is 16.1 Å². The van der Waals surface area contributed by atoms with E-state index in [0.29, 0.717) is 11.6 Å². The highest BCUT2D eigenvalue weighted by Gasteiger charge is 2.26. The van der Waals surface area contributed by atoms with E-state index in [9.17, 15) is 4.79 Å². The van der Waals surface area contributed by atoms with Crippen LogP contribution in [0.4, 0.5) is 0 Å². The average Bonchev–Trinajstić information content (AvgIpc) is 2.42. The highest BCUT2D eigenvalue weighted by Crippen LogP contribution is 2.22. The van der Waals surface area contributed by atoms with E-state index in [0.717, 1.165) is 38.0 Å². The molecule has 1 aliphatic rings. The molecule has 0 spiro atoms. The Hall–Kier alpha value is -1.13. The second-order valence-electron chi connectivity index (χ2n) is 4.79. The number of carbonyl (C=O) groups excluding carboxylic acids is 1. The lowest BCUT2D eigenvalue weighted by molar-refractivity contribution is -0.150. The molecule has 0 bridgehead atoms. The Labute approximate surface area is 118 Å². The second kappa shape index (κ2) is 6.87. The van der Waals surface area contributed by atoms with Crippen molar-refractivity contribution >= 4 is 17.6 Å². The number of aromatic nitrogens is 1. The van der Waals surface area contributed by atoms with Crippen LogP contribution in [0.5, 0.6) is 0 Å². The molecular weight excluding hydrogens is 264 g/mol. The molecule has 1 aromatic rings. The van der Waals surface area contributed by atoms with Crippen LogP contribution < -0.4 is 0 Å². The molecule has 1 fully saturated rings. The number of carbonyl (C=O) groups is 1. The van der Waals surface area contributed by atoms with E-state index in [1.165, 1.54) is 0 Å². The third-order valence-corrected chi connectivity index (χ3v) is 3.72. The van der Waals surface area contributed by atoms with Gasteiger partial charge < -0.3 is 4.74 Å². The number of piperidine rings is 1. The van der Waals surface area contributed by atoms with Crippen LogP contribution >= 0.6 is 11.6 Å². The number of halogens is 1. The van der Waals surface area contributed by atoms with Gasteiger partial charge in [-0.1, -0.05) is 11.6 Å². The van der Waals surface area contributed by atoms with Crippen molar-refractivity contribution in [2.24, 2.45) is 5.92 Å². The van der Waals surface area contributed by atoms with Gasteiger partial charge in [-0.25, -0.2) is 0 Å². The van der Waals surface area contributed by atoms with Gasteiger partial charge in [0.15, 0.2) is 0 Å². The van der Waals surface area contributed by atoms with Gasteiger partial charge >= 0.3 is 5.97 Å². The molecular formula is C14H19ClN2O2. The van der Waals surface area contributed by atoms with E-state index in [1.807, 2.05) is 13.0 Å². The first kappa shape index (κ1) is 14.3. The Morgan fingerprint density at radius 2 is 2.47 bits per heavy atom. The molecule has 0 saturated carbocycles. The smallest absolute Gasteiger partial charge is 0.310 e. The van der Waals surface area contributed by atoms with Crippen LogP contribution in [0.1, 0.15) is 25.3 Å². The largest absolute Gasteiger partial charge is 0.466 e. The topological polar surface area (TPSA) is 42.4 Å². The van der Waals surface area contributed by atoms with Crippen molar-refractivity contribution in [3.05, 3.63) is 29.0 Å². The fourth-order valence-corrected chi connectivity index (χ4v) is 2.60. The Kier molecular flexibility index (Phi) is 5.16. The molecule has 2 rings (SSSR count). The van der Waals surface area contributed by atoms with Crippen molar-refractivity contribution in [2.75, 3.05) is 19.7 Å². The van der Waals surface area contributed by atoms with Crippen molar-refractivity contribution in [1.82, 2.24) is 9.88 Å². The minimum absolute atomic E-state index is 0.00527. The van der Waals surface area contributed by atoms with Crippen molar-refractivity contribution < 1.29 is 9.53 Å². The van der Waals surface area contributed by atoms with Gasteiger partial charge in [0, 0.05) is 25.5 Å². The van der Waals surface area contributed by atoms with Gasteiger partial charge in [-0.3, -0.25) is 14.7 Å². The number of hydrogen-bond donors (Lipinski definition) is 0. The third kappa shape index (κ3) is 3.91. The van der Waals surface area contributed by atoms with E-state index >= 15 is 0 Å².